The van der Waals surface area contributed by atoms with Gasteiger partial charge >= 0.3 is 0 Å². The Balaban J connectivity index is 1.90. The van der Waals surface area contributed by atoms with Gasteiger partial charge in [-0.25, -0.2) is 0 Å². The SMILES string of the molecule is Cc1cncc(C2CC3CCC2N3P)c1. The highest BCUT2D eigenvalue weighted by Gasteiger charge is 2.44. The Morgan fingerprint density at radius 3 is 2.87 bits per heavy atom. The van der Waals surface area contributed by atoms with E-state index in [2.05, 4.69) is 38.2 Å². The molecule has 0 radical (unpaired) electrons. The zero-order valence-corrected chi connectivity index (χ0v) is 10.2. The third-order valence-corrected chi connectivity index (χ3v) is 4.72. The third kappa shape index (κ3) is 1.51. The lowest BCUT2D eigenvalue weighted by Gasteiger charge is -2.21. The van der Waals surface area contributed by atoms with Gasteiger partial charge in [-0.15, -0.1) is 0 Å². The number of hydrogen-bond acceptors (Lipinski definition) is 2. The third-order valence-electron chi connectivity index (χ3n) is 3.91. The monoisotopic (exact) mass is 220 g/mol. The van der Waals surface area contributed by atoms with Crippen molar-refractivity contribution in [1.82, 2.24) is 9.65 Å². The van der Waals surface area contributed by atoms with Crippen molar-refractivity contribution < 1.29 is 0 Å². The van der Waals surface area contributed by atoms with E-state index in [0.717, 1.165) is 12.1 Å². The van der Waals surface area contributed by atoms with E-state index < -0.39 is 0 Å². The molecule has 1 aromatic heterocycles. The van der Waals surface area contributed by atoms with Crippen LogP contribution >= 0.6 is 9.39 Å². The number of pyridine rings is 1. The van der Waals surface area contributed by atoms with Crippen molar-refractivity contribution in [3.8, 4) is 0 Å². The Labute approximate surface area is 93.3 Å². The van der Waals surface area contributed by atoms with E-state index in [4.69, 9.17) is 0 Å². The lowest BCUT2D eigenvalue weighted by Crippen LogP contribution is -2.19. The summed E-state index contributed by atoms with van der Waals surface area (Å²) in [6, 6.07) is 3.84. The zero-order chi connectivity index (χ0) is 10.4. The van der Waals surface area contributed by atoms with Crippen molar-refractivity contribution in [3.05, 3.63) is 29.6 Å². The van der Waals surface area contributed by atoms with Gasteiger partial charge in [0.2, 0.25) is 0 Å². The van der Waals surface area contributed by atoms with Crippen LogP contribution in [-0.4, -0.2) is 21.7 Å². The second-order valence-corrected chi connectivity index (χ2v) is 5.48. The van der Waals surface area contributed by atoms with E-state index in [1.165, 1.54) is 30.4 Å². The minimum atomic E-state index is 0.716. The molecule has 0 N–H and O–H groups in total. The molecule has 2 aliphatic heterocycles. The van der Waals surface area contributed by atoms with Crippen molar-refractivity contribution in [2.45, 2.75) is 44.2 Å². The minimum absolute atomic E-state index is 0.716. The van der Waals surface area contributed by atoms with Crippen LogP contribution in [0.25, 0.3) is 0 Å². The van der Waals surface area contributed by atoms with Crippen LogP contribution in [0.15, 0.2) is 18.5 Å². The summed E-state index contributed by atoms with van der Waals surface area (Å²) in [5, 5.41) is 0. The van der Waals surface area contributed by atoms with E-state index in [1.807, 2.05) is 6.20 Å². The molecule has 0 spiro atoms. The highest BCUT2D eigenvalue weighted by Crippen LogP contribution is 2.48. The molecule has 80 valence electrons. The molecule has 2 aliphatic rings. The van der Waals surface area contributed by atoms with Crippen molar-refractivity contribution in [1.29, 1.82) is 0 Å². The number of rotatable bonds is 1. The van der Waals surface area contributed by atoms with Crippen molar-refractivity contribution in [2.24, 2.45) is 0 Å². The molecule has 3 heteroatoms. The Hall–Kier alpha value is -0.460. The highest BCUT2D eigenvalue weighted by molar-refractivity contribution is 7.13. The number of fused-ring (bicyclic) bond motifs is 2. The number of nitrogens with zero attached hydrogens (tertiary/aromatic N) is 2. The second kappa shape index (κ2) is 3.54. The summed E-state index contributed by atoms with van der Waals surface area (Å²) in [6.07, 6.45) is 8.04. The summed E-state index contributed by atoms with van der Waals surface area (Å²) in [5.41, 5.74) is 2.72. The molecule has 3 heterocycles. The summed E-state index contributed by atoms with van der Waals surface area (Å²) in [4.78, 5) is 4.31. The fourth-order valence-corrected chi connectivity index (χ4v) is 3.80. The molecule has 0 aliphatic carbocycles. The van der Waals surface area contributed by atoms with E-state index in [9.17, 15) is 0 Å². The quantitative estimate of drug-likeness (QED) is 0.676. The molecule has 1 aromatic rings. The summed E-state index contributed by atoms with van der Waals surface area (Å²) in [5.74, 6) is 0.716. The first-order valence-corrected chi connectivity index (χ1v) is 6.22. The number of hydrogen-bond donors (Lipinski definition) is 0. The van der Waals surface area contributed by atoms with Crippen molar-refractivity contribution in [3.63, 3.8) is 0 Å². The van der Waals surface area contributed by atoms with Gasteiger partial charge in [0.15, 0.2) is 0 Å². The first-order valence-electron chi connectivity index (χ1n) is 5.70. The van der Waals surface area contributed by atoms with Gasteiger partial charge in [0.1, 0.15) is 0 Å². The van der Waals surface area contributed by atoms with Crippen LogP contribution in [0.4, 0.5) is 0 Å². The first-order chi connectivity index (χ1) is 7.25. The molecule has 0 aromatic carbocycles. The maximum absolute atomic E-state index is 4.31. The molecular weight excluding hydrogens is 203 g/mol. The molecule has 3 rings (SSSR count). The topological polar surface area (TPSA) is 16.1 Å². The van der Waals surface area contributed by atoms with Crippen LogP contribution in [0.2, 0.25) is 0 Å². The lowest BCUT2D eigenvalue weighted by molar-refractivity contribution is 0.439. The molecular formula is C12H17N2P. The molecule has 15 heavy (non-hydrogen) atoms. The van der Waals surface area contributed by atoms with Crippen LogP contribution in [0, 0.1) is 6.92 Å². The van der Waals surface area contributed by atoms with Gasteiger partial charge in [0.25, 0.3) is 0 Å². The normalized spacial score (nSPS) is 34.9. The van der Waals surface area contributed by atoms with Crippen molar-refractivity contribution in [2.75, 3.05) is 0 Å². The highest BCUT2D eigenvalue weighted by atomic mass is 31.0. The Morgan fingerprint density at radius 1 is 1.40 bits per heavy atom. The van der Waals surface area contributed by atoms with Gasteiger partial charge in [-0.1, -0.05) is 15.5 Å². The minimum Gasteiger partial charge on any atom is -0.281 e. The van der Waals surface area contributed by atoms with Gasteiger partial charge in [0.05, 0.1) is 0 Å². The van der Waals surface area contributed by atoms with Gasteiger partial charge in [-0.05, 0) is 37.3 Å². The van der Waals surface area contributed by atoms with Crippen LogP contribution in [0.5, 0.6) is 0 Å². The lowest BCUT2D eigenvalue weighted by atomic mass is 9.84. The largest absolute Gasteiger partial charge is 0.281 e. The smallest absolute Gasteiger partial charge is 0.0303 e. The average Bonchev–Trinajstić information content (AvgIpc) is 2.74. The standard InChI is InChI=1S/C12H17N2P/c1-8-4-9(7-13-6-8)11-5-10-2-3-12(11)14(10)15/h4,6-7,10-12H,2-3,5,15H2,1H3. The van der Waals surface area contributed by atoms with Crippen LogP contribution in [0.3, 0.4) is 0 Å². The summed E-state index contributed by atoms with van der Waals surface area (Å²) in [6.45, 7) is 2.13. The Morgan fingerprint density at radius 2 is 2.27 bits per heavy atom. The molecule has 2 saturated heterocycles. The van der Waals surface area contributed by atoms with Gasteiger partial charge in [0, 0.05) is 30.4 Å². The molecule has 2 nitrogen and oxygen atoms in total. The number of aryl methyl sites for hydroxylation is 1. The fourth-order valence-electron chi connectivity index (χ4n) is 3.17. The Kier molecular flexibility index (Phi) is 2.30. The van der Waals surface area contributed by atoms with E-state index in [1.54, 1.807) is 0 Å². The Bertz CT molecular complexity index is 380. The van der Waals surface area contributed by atoms with E-state index in [0.29, 0.717) is 5.92 Å². The van der Waals surface area contributed by atoms with Gasteiger partial charge in [-0.3, -0.25) is 9.65 Å². The molecule has 4 atom stereocenters. The summed E-state index contributed by atoms with van der Waals surface area (Å²) >= 11 is 0. The maximum Gasteiger partial charge on any atom is 0.0303 e. The van der Waals surface area contributed by atoms with Gasteiger partial charge < -0.3 is 0 Å². The summed E-state index contributed by atoms with van der Waals surface area (Å²) in [7, 11) is 2.91. The van der Waals surface area contributed by atoms with Gasteiger partial charge in [-0.2, -0.15) is 0 Å². The maximum atomic E-state index is 4.31. The second-order valence-electron chi connectivity index (χ2n) is 4.88. The van der Waals surface area contributed by atoms with Crippen LogP contribution in [0.1, 0.15) is 36.3 Å². The molecule has 0 amide bonds. The zero-order valence-electron chi connectivity index (χ0n) is 9.06. The van der Waals surface area contributed by atoms with Crippen molar-refractivity contribution >= 4 is 9.39 Å². The predicted molar refractivity (Wildman–Crippen MR) is 64.7 cm³/mol. The van der Waals surface area contributed by atoms with E-state index in [-0.39, 0.29) is 0 Å². The molecule has 2 bridgehead atoms. The average molecular weight is 220 g/mol. The predicted octanol–water partition coefficient (Wildman–Crippen LogP) is 2.50. The summed E-state index contributed by atoms with van der Waals surface area (Å²) < 4.78 is 2.49. The molecule has 0 saturated carbocycles. The van der Waals surface area contributed by atoms with E-state index >= 15 is 0 Å². The first kappa shape index (κ1) is 9.74. The number of aromatic nitrogens is 1. The molecule has 4 unspecified atom stereocenters. The van der Waals surface area contributed by atoms with Crippen LogP contribution < -0.4 is 0 Å². The fraction of sp³-hybridized carbons (Fsp3) is 0.583. The molecule has 2 fully saturated rings. The van der Waals surface area contributed by atoms with Crippen LogP contribution in [-0.2, 0) is 0 Å².